The molecule has 0 fully saturated rings. The Hall–Kier alpha value is -2.16. The van der Waals surface area contributed by atoms with Crippen LogP contribution in [0.5, 0.6) is 5.75 Å². The van der Waals surface area contributed by atoms with Crippen LogP contribution in [-0.2, 0) is 26.6 Å². The molecule has 0 aliphatic carbocycles. The molecule has 0 bridgehead atoms. The van der Waals surface area contributed by atoms with Crippen molar-refractivity contribution < 1.29 is 23.0 Å². The van der Waals surface area contributed by atoms with Gasteiger partial charge in [-0.05, 0) is 55.8 Å². The number of aryl methyl sites for hydroxylation is 2. The number of hydrogen-bond acceptors (Lipinski definition) is 6. The molecule has 0 saturated heterocycles. The van der Waals surface area contributed by atoms with E-state index in [9.17, 15) is 9.32 Å². The van der Waals surface area contributed by atoms with E-state index in [2.05, 4.69) is 19.6 Å². The smallest absolute Gasteiger partial charge is 0.189 e. The number of aliphatic hydroxyl groups is 1. The summed E-state index contributed by atoms with van der Waals surface area (Å²) in [5, 5.41) is 9.70. The zero-order valence-corrected chi connectivity index (χ0v) is 21.9. The zero-order valence-electron chi connectivity index (χ0n) is 20.2. The fraction of sp³-hybridized carbons (Fsp3) is 0.333. The first-order valence-corrected chi connectivity index (χ1v) is 12.5. The topological polar surface area (TPSA) is 65.0 Å². The third-order valence-corrected chi connectivity index (χ3v) is 6.31. The first-order chi connectivity index (χ1) is 16.2. The number of aliphatic hydroxyl groups excluding tert-OH is 1. The maximum absolute atomic E-state index is 12.2. The van der Waals surface area contributed by atoms with Crippen LogP contribution >= 0.6 is 12.6 Å². The van der Waals surface area contributed by atoms with Gasteiger partial charge in [-0.15, -0.1) is 12.6 Å². The SMILES string of the molecule is COc1ccc(COCC(C)(CO)COS(=O)c2ccc(C)cc2)cc1.Cc1ccc(S)cc1. The summed E-state index contributed by atoms with van der Waals surface area (Å²) < 4.78 is 28.5. The maximum Gasteiger partial charge on any atom is 0.189 e. The van der Waals surface area contributed by atoms with E-state index in [1.54, 1.807) is 19.2 Å². The highest BCUT2D eigenvalue weighted by atomic mass is 32.2. The van der Waals surface area contributed by atoms with Crippen LogP contribution in [0.15, 0.2) is 82.6 Å². The molecule has 0 amide bonds. The summed E-state index contributed by atoms with van der Waals surface area (Å²) in [6.07, 6.45) is 0. The standard InChI is InChI=1S/C20H26O5S.C7H8S/c1-16-4-10-19(11-5-16)26(22)25-15-20(2,13-21)14-24-12-17-6-8-18(23-3)9-7-17;1-6-2-4-7(8)5-3-6/h4-11,21H,12-15H2,1-3H3;2-5,8H,1H3. The van der Waals surface area contributed by atoms with E-state index in [1.807, 2.05) is 74.5 Å². The monoisotopic (exact) mass is 502 g/mol. The molecule has 3 rings (SSSR count). The molecule has 7 heteroatoms. The first-order valence-electron chi connectivity index (χ1n) is 10.9. The zero-order chi connectivity index (χ0) is 25.0. The quantitative estimate of drug-likeness (QED) is 0.356. The Balaban J connectivity index is 0.000000430. The van der Waals surface area contributed by atoms with Crippen LogP contribution < -0.4 is 4.74 Å². The van der Waals surface area contributed by atoms with Gasteiger partial charge in [0.25, 0.3) is 0 Å². The summed E-state index contributed by atoms with van der Waals surface area (Å²) in [5.74, 6) is 0.793. The molecule has 2 unspecified atom stereocenters. The number of rotatable bonds is 10. The highest BCUT2D eigenvalue weighted by Gasteiger charge is 2.26. The van der Waals surface area contributed by atoms with Gasteiger partial charge in [0, 0.05) is 10.3 Å². The van der Waals surface area contributed by atoms with Crippen LogP contribution in [0, 0.1) is 19.3 Å². The Bertz CT molecular complexity index is 984. The van der Waals surface area contributed by atoms with E-state index in [0.717, 1.165) is 21.8 Å². The molecule has 3 aromatic rings. The van der Waals surface area contributed by atoms with Gasteiger partial charge in [-0.25, -0.2) is 4.21 Å². The van der Waals surface area contributed by atoms with Crippen LogP contribution in [0.25, 0.3) is 0 Å². The van der Waals surface area contributed by atoms with E-state index < -0.39 is 16.5 Å². The molecule has 0 spiro atoms. The summed E-state index contributed by atoms with van der Waals surface area (Å²) >= 11 is 2.57. The average Bonchev–Trinajstić information content (AvgIpc) is 2.85. The van der Waals surface area contributed by atoms with Crippen LogP contribution in [0.1, 0.15) is 23.6 Å². The lowest BCUT2D eigenvalue weighted by Gasteiger charge is -2.26. The van der Waals surface area contributed by atoms with Gasteiger partial charge in [-0.1, -0.05) is 54.4 Å². The van der Waals surface area contributed by atoms with Crippen LogP contribution in [0.4, 0.5) is 0 Å². The molecule has 2 atom stereocenters. The second-order valence-corrected chi connectivity index (χ2v) is 10.1. The lowest BCUT2D eigenvalue weighted by molar-refractivity contribution is -0.0135. The number of methoxy groups -OCH3 is 1. The Morgan fingerprint density at radius 2 is 1.44 bits per heavy atom. The van der Waals surface area contributed by atoms with E-state index in [4.69, 9.17) is 13.7 Å². The van der Waals surface area contributed by atoms with Gasteiger partial charge < -0.3 is 14.6 Å². The van der Waals surface area contributed by atoms with Gasteiger partial charge in [-0.3, -0.25) is 4.18 Å². The molecule has 0 aromatic heterocycles. The molecule has 1 N–H and O–H groups in total. The van der Waals surface area contributed by atoms with Gasteiger partial charge in [0.05, 0.1) is 38.4 Å². The summed E-state index contributed by atoms with van der Waals surface area (Å²) in [5.41, 5.74) is 2.75. The third-order valence-electron chi connectivity index (χ3n) is 5.02. The number of hydrogen-bond donors (Lipinski definition) is 2. The minimum absolute atomic E-state index is 0.124. The molecule has 0 heterocycles. The number of thiol groups is 1. The highest BCUT2D eigenvalue weighted by molar-refractivity contribution is 7.80. The summed E-state index contributed by atoms with van der Waals surface area (Å²) in [6, 6.07) is 23.0. The lowest BCUT2D eigenvalue weighted by Crippen LogP contribution is -2.33. The molecule has 0 aliphatic rings. The molecule has 184 valence electrons. The molecule has 0 saturated carbocycles. The Labute approximate surface area is 211 Å². The Morgan fingerprint density at radius 3 is 1.94 bits per heavy atom. The van der Waals surface area contributed by atoms with Gasteiger partial charge in [0.1, 0.15) is 5.75 Å². The van der Waals surface area contributed by atoms with Crippen molar-refractivity contribution in [2.75, 3.05) is 26.9 Å². The lowest BCUT2D eigenvalue weighted by atomic mass is 9.94. The number of benzene rings is 3. The fourth-order valence-electron chi connectivity index (χ4n) is 2.73. The maximum atomic E-state index is 12.2. The van der Waals surface area contributed by atoms with E-state index in [1.165, 1.54) is 5.56 Å². The third kappa shape index (κ3) is 9.99. The Morgan fingerprint density at radius 1 is 0.882 bits per heavy atom. The molecule has 3 aromatic carbocycles. The minimum atomic E-state index is -1.57. The minimum Gasteiger partial charge on any atom is -0.497 e. The van der Waals surface area contributed by atoms with Gasteiger partial charge >= 0.3 is 0 Å². The predicted molar refractivity (Wildman–Crippen MR) is 140 cm³/mol. The molecule has 5 nitrogen and oxygen atoms in total. The molecular formula is C27H34O5S2. The second-order valence-electron chi connectivity index (χ2n) is 8.46. The van der Waals surface area contributed by atoms with Gasteiger partial charge in [0.15, 0.2) is 11.1 Å². The van der Waals surface area contributed by atoms with Crippen LogP contribution in [-0.4, -0.2) is 36.2 Å². The van der Waals surface area contributed by atoms with E-state index in [-0.39, 0.29) is 13.2 Å². The highest BCUT2D eigenvalue weighted by Crippen LogP contribution is 2.20. The average molecular weight is 503 g/mol. The van der Waals surface area contributed by atoms with Crippen LogP contribution in [0.3, 0.4) is 0 Å². The van der Waals surface area contributed by atoms with E-state index in [0.29, 0.717) is 18.1 Å². The normalized spacial score (nSPS) is 13.4. The summed E-state index contributed by atoms with van der Waals surface area (Å²) in [7, 11) is 1.62. The van der Waals surface area contributed by atoms with Gasteiger partial charge in [-0.2, -0.15) is 0 Å². The summed E-state index contributed by atoms with van der Waals surface area (Å²) in [6.45, 7) is 6.59. The fourth-order valence-corrected chi connectivity index (χ4v) is 3.76. The Kier molecular flexibility index (Phi) is 11.8. The molecular weight excluding hydrogens is 468 g/mol. The largest absolute Gasteiger partial charge is 0.497 e. The molecule has 0 aliphatic heterocycles. The van der Waals surface area contributed by atoms with Crippen molar-refractivity contribution in [1.29, 1.82) is 0 Å². The molecule has 0 radical (unpaired) electrons. The molecule has 34 heavy (non-hydrogen) atoms. The van der Waals surface area contributed by atoms with Crippen molar-refractivity contribution in [2.45, 2.75) is 37.2 Å². The van der Waals surface area contributed by atoms with Crippen molar-refractivity contribution in [3.05, 3.63) is 89.5 Å². The van der Waals surface area contributed by atoms with Crippen LogP contribution in [0.2, 0.25) is 0 Å². The van der Waals surface area contributed by atoms with Crippen molar-refractivity contribution in [2.24, 2.45) is 5.41 Å². The van der Waals surface area contributed by atoms with E-state index >= 15 is 0 Å². The van der Waals surface area contributed by atoms with Crippen molar-refractivity contribution in [3.63, 3.8) is 0 Å². The second kappa shape index (κ2) is 14.3. The van der Waals surface area contributed by atoms with Crippen molar-refractivity contribution in [3.8, 4) is 5.75 Å². The first kappa shape index (κ1) is 28.1. The summed E-state index contributed by atoms with van der Waals surface area (Å²) in [4.78, 5) is 1.63. The van der Waals surface area contributed by atoms with Crippen molar-refractivity contribution >= 4 is 23.7 Å². The number of ether oxygens (including phenoxy) is 2. The van der Waals surface area contributed by atoms with Gasteiger partial charge in [0.2, 0.25) is 0 Å². The van der Waals surface area contributed by atoms with Crippen molar-refractivity contribution in [1.82, 2.24) is 0 Å². The predicted octanol–water partition coefficient (Wildman–Crippen LogP) is 5.54.